The molecule has 0 amide bonds. The van der Waals surface area contributed by atoms with E-state index in [1.54, 1.807) is 24.3 Å². The van der Waals surface area contributed by atoms with E-state index in [2.05, 4.69) is 0 Å². The van der Waals surface area contributed by atoms with Crippen LogP contribution in [0.4, 0.5) is 8.78 Å². The number of hydrogen-bond donors (Lipinski definition) is 0. The van der Waals surface area contributed by atoms with Crippen LogP contribution in [-0.2, 0) is 0 Å². The minimum absolute atomic E-state index is 0.0799. The maximum absolute atomic E-state index is 13.1. The summed E-state index contributed by atoms with van der Waals surface area (Å²) in [6, 6.07) is 9.98. The first-order valence-corrected chi connectivity index (χ1v) is 5.14. The first-order chi connectivity index (χ1) is 8.06. The molecule has 86 valence electrons. The summed E-state index contributed by atoms with van der Waals surface area (Å²) >= 11 is 0. The lowest BCUT2D eigenvalue weighted by molar-refractivity contribution is 0.101. The number of ketones is 1. The summed E-state index contributed by atoms with van der Waals surface area (Å²) < 4.78 is 26.1. The van der Waals surface area contributed by atoms with E-state index in [-0.39, 0.29) is 5.78 Å². The summed E-state index contributed by atoms with van der Waals surface area (Å²) in [5.41, 5.74) is 1.56. The molecule has 3 heteroatoms. The summed E-state index contributed by atoms with van der Waals surface area (Å²) in [6.45, 7) is 1.45. The third-order valence-corrected chi connectivity index (χ3v) is 2.46. The van der Waals surface area contributed by atoms with Crippen molar-refractivity contribution in [2.75, 3.05) is 0 Å². The van der Waals surface area contributed by atoms with Crippen molar-refractivity contribution in [3.05, 3.63) is 59.7 Å². The van der Waals surface area contributed by atoms with Gasteiger partial charge in [0.05, 0.1) is 0 Å². The van der Waals surface area contributed by atoms with E-state index in [1.807, 2.05) is 0 Å². The SMILES string of the molecule is CC(=O)c1cccc(-c2cc(F)cc(F)c2)c1. The van der Waals surface area contributed by atoms with Crippen LogP contribution in [0.15, 0.2) is 42.5 Å². The maximum Gasteiger partial charge on any atom is 0.159 e. The summed E-state index contributed by atoms with van der Waals surface area (Å²) in [5, 5.41) is 0. The van der Waals surface area contributed by atoms with Crippen LogP contribution in [-0.4, -0.2) is 5.78 Å². The minimum Gasteiger partial charge on any atom is -0.295 e. The molecule has 0 unspecified atom stereocenters. The van der Waals surface area contributed by atoms with Gasteiger partial charge in [-0.2, -0.15) is 0 Å². The Labute approximate surface area is 97.7 Å². The minimum atomic E-state index is -0.631. The first kappa shape index (κ1) is 11.5. The Morgan fingerprint density at radius 1 is 0.941 bits per heavy atom. The lowest BCUT2D eigenvalue weighted by Crippen LogP contribution is -1.92. The van der Waals surface area contributed by atoms with Crippen molar-refractivity contribution < 1.29 is 13.6 Å². The highest BCUT2D eigenvalue weighted by molar-refractivity contribution is 5.95. The van der Waals surface area contributed by atoms with Gasteiger partial charge in [-0.15, -0.1) is 0 Å². The molecule has 0 atom stereocenters. The maximum atomic E-state index is 13.1. The summed E-state index contributed by atoms with van der Waals surface area (Å²) in [4.78, 5) is 11.2. The average molecular weight is 232 g/mol. The standard InChI is InChI=1S/C14H10F2O/c1-9(17)10-3-2-4-11(5-10)12-6-13(15)8-14(16)7-12/h2-8H,1H3. The second-order valence-corrected chi connectivity index (χ2v) is 3.80. The van der Waals surface area contributed by atoms with Crippen LogP contribution in [0, 0.1) is 11.6 Å². The third kappa shape index (κ3) is 2.56. The molecule has 0 fully saturated rings. The molecule has 0 saturated carbocycles. The van der Waals surface area contributed by atoms with E-state index in [4.69, 9.17) is 0 Å². The highest BCUT2D eigenvalue weighted by atomic mass is 19.1. The van der Waals surface area contributed by atoms with Crippen LogP contribution in [0.3, 0.4) is 0 Å². The summed E-state index contributed by atoms with van der Waals surface area (Å²) in [5.74, 6) is -1.34. The molecule has 2 aromatic carbocycles. The number of halogens is 2. The van der Waals surface area contributed by atoms with E-state index in [1.165, 1.54) is 19.1 Å². The molecule has 0 spiro atoms. The van der Waals surface area contributed by atoms with Crippen LogP contribution >= 0.6 is 0 Å². The molecule has 0 aliphatic rings. The van der Waals surface area contributed by atoms with Crippen molar-refractivity contribution in [3.63, 3.8) is 0 Å². The van der Waals surface area contributed by atoms with Gasteiger partial charge in [-0.3, -0.25) is 4.79 Å². The molecule has 0 heterocycles. The van der Waals surface area contributed by atoms with Crippen molar-refractivity contribution in [2.45, 2.75) is 6.92 Å². The van der Waals surface area contributed by atoms with Gasteiger partial charge < -0.3 is 0 Å². The van der Waals surface area contributed by atoms with E-state index >= 15 is 0 Å². The molecular formula is C14H10F2O. The monoisotopic (exact) mass is 232 g/mol. The zero-order valence-electron chi connectivity index (χ0n) is 9.21. The Morgan fingerprint density at radius 2 is 1.59 bits per heavy atom. The Hall–Kier alpha value is -2.03. The van der Waals surface area contributed by atoms with Gasteiger partial charge in [-0.1, -0.05) is 18.2 Å². The average Bonchev–Trinajstić information content (AvgIpc) is 2.28. The Bertz CT molecular complexity index is 556. The van der Waals surface area contributed by atoms with Gasteiger partial charge >= 0.3 is 0 Å². The number of carbonyl (C=O) groups is 1. The van der Waals surface area contributed by atoms with Gasteiger partial charge in [-0.25, -0.2) is 8.78 Å². The fourth-order valence-electron chi connectivity index (χ4n) is 1.64. The first-order valence-electron chi connectivity index (χ1n) is 5.14. The molecular weight excluding hydrogens is 222 g/mol. The van der Waals surface area contributed by atoms with Crippen molar-refractivity contribution in [3.8, 4) is 11.1 Å². The second-order valence-electron chi connectivity index (χ2n) is 3.80. The predicted octanol–water partition coefficient (Wildman–Crippen LogP) is 3.83. The lowest BCUT2D eigenvalue weighted by atomic mass is 10.0. The van der Waals surface area contributed by atoms with Crippen LogP contribution < -0.4 is 0 Å². The highest BCUT2D eigenvalue weighted by Crippen LogP contribution is 2.22. The number of Topliss-reactive ketones (excluding diaryl/α,β-unsaturated/α-hetero) is 1. The van der Waals surface area contributed by atoms with E-state index in [9.17, 15) is 13.6 Å². The van der Waals surface area contributed by atoms with Crippen molar-refractivity contribution in [1.29, 1.82) is 0 Å². The van der Waals surface area contributed by atoms with Gasteiger partial charge in [-0.05, 0) is 36.2 Å². The summed E-state index contributed by atoms with van der Waals surface area (Å²) in [7, 11) is 0. The molecule has 2 rings (SSSR count). The largest absolute Gasteiger partial charge is 0.295 e. The van der Waals surface area contributed by atoms with Gasteiger partial charge in [0.25, 0.3) is 0 Å². The molecule has 0 radical (unpaired) electrons. The molecule has 0 N–H and O–H groups in total. The van der Waals surface area contributed by atoms with Crippen LogP contribution in [0.1, 0.15) is 17.3 Å². The molecule has 2 aromatic rings. The van der Waals surface area contributed by atoms with Crippen molar-refractivity contribution >= 4 is 5.78 Å². The van der Waals surface area contributed by atoms with E-state index in [0.717, 1.165) is 6.07 Å². The van der Waals surface area contributed by atoms with Crippen molar-refractivity contribution in [1.82, 2.24) is 0 Å². The van der Waals surface area contributed by atoms with Crippen molar-refractivity contribution in [2.24, 2.45) is 0 Å². The number of benzene rings is 2. The normalized spacial score (nSPS) is 10.3. The number of carbonyl (C=O) groups excluding carboxylic acids is 1. The third-order valence-electron chi connectivity index (χ3n) is 2.46. The zero-order valence-corrected chi connectivity index (χ0v) is 9.21. The Kier molecular flexibility index (Phi) is 3.00. The topological polar surface area (TPSA) is 17.1 Å². The summed E-state index contributed by atoms with van der Waals surface area (Å²) in [6.07, 6.45) is 0. The quantitative estimate of drug-likeness (QED) is 0.719. The fourth-order valence-corrected chi connectivity index (χ4v) is 1.64. The van der Waals surface area contributed by atoms with E-state index in [0.29, 0.717) is 16.7 Å². The molecule has 0 aliphatic heterocycles. The molecule has 0 saturated heterocycles. The smallest absolute Gasteiger partial charge is 0.159 e. The lowest BCUT2D eigenvalue weighted by Gasteiger charge is -2.04. The van der Waals surface area contributed by atoms with Gasteiger partial charge in [0.2, 0.25) is 0 Å². The number of hydrogen-bond acceptors (Lipinski definition) is 1. The molecule has 0 bridgehead atoms. The van der Waals surface area contributed by atoms with Gasteiger partial charge in [0, 0.05) is 11.6 Å². The van der Waals surface area contributed by atoms with Crippen LogP contribution in [0.2, 0.25) is 0 Å². The fraction of sp³-hybridized carbons (Fsp3) is 0.0714. The molecule has 0 aliphatic carbocycles. The second kappa shape index (κ2) is 4.45. The van der Waals surface area contributed by atoms with E-state index < -0.39 is 11.6 Å². The highest BCUT2D eigenvalue weighted by Gasteiger charge is 2.05. The van der Waals surface area contributed by atoms with Crippen LogP contribution in [0.25, 0.3) is 11.1 Å². The molecule has 17 heavy (non-hydrogen) atoms. The molecule has 0 aromatic heterocycles. The number of rotatable bonds is 2. The zero-order chi connectivity index (χ0) is 12.4. The van der Waals surface area contributed by atoms with Crippen LogP contribution in [0.5, 0.6) is 0 Å². The molecule has 1 nitrogen and oxygen atoms in total. The van der Waals surface area contributed by atoms with Gasteiger partial charge in [0.15, 0.2) is 5.78 Å². The Balaban J connectivity index is 2.52. The predicted molar refractivity (Wildman–Crippen MR) is 61.8 cm³/mol. The van der Waals surface area contributed by atoms with Gasteiger partial charge in [0.1, 0.15) is 11.6 Å². The Morgan fingerprint density at radius 3 is 2.18 bits per heavy atom.